The average Bonchev–Trinajstić information content (AvgIpc) is 2.57. The Morgan fingerprint density at radius 3 is 2.44 bits per heavy atom. The number of benzene rings is 1. The van der Waals surface area contributed by atoms with E-state index in [1.54, 1.807) is 0 Å². The minimum Gasteiger partial charge on any atom is -0.354 e. The van der Waals surface area contributed by atoms with Gasteiger partial charge in [-0.15, -0.1) is 0 Å². The quantitative estimate of drug-likeness (QED) is 0.868. The van der Waals surface area contributed by atoms with E-state index in [1.807, 2.05) is 37.3 Å². The summed E-state index contributed by atoms with van der Waals surface area (Å²) in [5.74, 6) is -0.404. The predicted octanol–water partition coefficient (Wildman–Crippen LogP) is 3.18. The van der Waals surface area contributed by atoms with Crippen molar-refractivity contribution in [3.8, 4) is 0 Å². The lowest BCUT2D eigenvalue weighted by Crippen LogP contribution is -2.36. The molecule has 1 aromatic heterocycles. The van der Waals surface area contributed by atoms with Crippen LogP contribution in [0.2, 0.25) is 0 Å². The van der Waals surface area contributed by atoms with Gasteiger partial charge in [-0.2, -0.15) is 13.2 Å². The molecule has 0 spiro atoms. The average molecular weight is 352 g/mol. The fourth-order valence-electron chi connectivity index (χ4n) is 2.55. The molecule has 0 saturated carbocycles. The Morgan fingerprint density at radius 2 is 1.84 bits per heavy atom. The van der Waals surface area contributed by atoms with Crippen LogP contribution in [0.4, 0.5) is 13.2 Å². The van der Waals surface area contributed by atoms with Gasteiger partial charge in [-0.1, -0.05) is 37.3 Å². The molecule has 0 saturated heterocycles. The summed E-state index contributed by atoms with van der Waals surface area (Å²) in [5, 5.41) is 2.69. The van der Waals surface area contributed by atoms with Gasteiger partial charge in [-0.25, -0.2) is 0 Å². The summed E-state index contributed by atoms with van der Waals surface area (Å²) in [6.07, 6.45) is -2.77. The second kappa shape index (κ2) is 8.00. The molecule has 1 atom stereocenters. The minimum absolute atomic E-state index is 0.100. The van der Waals surface area contributed by atoms with Gasteiger partial charge in [0.1, 0.15) is 12.1 Å². The molecule has 4 nitrogen and oxygen atoms in total. The molecule has 134 valence electrons. The lowest BCUT2D eigenvalue weighted by Gasteiger charge is -2.16. The number of hydrogen-bond donors (Lipinski definition) is 1. The molecule has 1 unspecified atom stereocenters. The van der Waals surface area contributed by atoms with E-state index in [0.717, 1.165) is 22.6 Å². The molecular weight excluding hydrogens is 333 g/mol. The van der Waals surface area contributed by atoms with Crippen molar-refractivity contribution in [1.82, 2.24) is 9.88 Å². The molecule has 1 amide bonds. The van der Waals surface area contributed by atoms with Crippen LogP contribution in [0.15, 0.2) is 53.5 Å². The van der Waals surface area contributed by atoms with E-state index in [2.05, 4.69) is 5.32 Å². The summed E-state index contributed by atoms with van der Waals surface area (Å²) in [7, 11) is 0. The van der Waals surface area contributed by atoms with E-state index in [0.29, 0.717) is 12.6 Å². The number of halogens is 3. The topological polar surface area (TPSA) is 51.1 Å². The third-order valence-corrected chi connectivity index (χ3v) is 3.95. The number of aromatic nitrogens is 1. The van der Waals surface area contributed by atoms with Crippen molar-refractivity contribution in [2.24, 2.45) is 0 Å². The highest BCUT2D eigenvalue weighted by atomic mass is 19.4. The van der Waals surface area contributed by atoms with Gasteiger partial charge in [-0.3, -0.25) is 9.59 Å². The van der Waals surface area contributed by atoms with E-state index < -0.39 is 29.8 Å². The number of rotatable bonds is 6. The zero-order valence-corrected chi connectivity index (χ0v) is 13.7. The molecule has 0 aliphatic carbocycles. The molecule has 7 heteroatoms. The zero-order chi connectivity index (χ0) is 18.4. The van der Waals surface area contributed by atoms with Crippen LogP contribution in [0.1, 0.15) is 30.4 Å². The number of carbonyl (C=O) groups is 1. The van der Waals surface area contributed by atoms with E-state index >= 15 is 0 Å². The largest absolute Gasteiger partial charge is 0.421 e. The van der Waals surface area contributed by atoms with Crippen molar-refractivity contribution in [1.29, 1.82) is 0 Å². The van der Waals surface area contributed by atoms with Gasteiger partial charge < -0.3 is 9.88 Å². The summed E-state index contributed by atoms with van der Waals surface area (Å²) in [4.78, 5) is 23.9. The van der Waals surface area contributed by atoms with Crippen LogP contribution in [0.25, 0.3) is 0 Å². The van der Waals surface area contributed by atoms with E-state index in [4.69, 9.17) is 0 Å². The fraction of sp³-hybridized carbons (Fsp3) is 0.333. The molecule has 1 N–H and O–H groups in total. The van der Waals surface area contributed by atoms with E-state index in [9.17, 15) is 22.8 Å². The Morgan fingerprint density at radius 1 is 1.16 bits per heavy atom. The third kappa shape index (κ3) is 4.95. The lowest BCUT2D eigenvalue weighted by atomic mass is 9.96. The molecule has 25 heavy (non-hydrogen) atoms. The van der Waals surface area contributed by atoms with Crippen molar-refractivity contribution in [3.05, 3.63) is 70.1 Å². The van der Waals surface area contributed by atoms with Crippen LogP contribution in [0.5, 0.6) is 0 Å². The molecule has 2 aromatic rings. The summed E-state index contributed by atoms with van der Waals surface area (Å²) in [5.41, 5.74) is -1.43. The predicted molar refractivity (Wildman–Crippen MR) is 88.2 cm³/mol. The van der Waals surface area contributed by atoms with Crippen molar-refractivity contribution in [3.63, 3.8) is 0 Å². The number of amides is 1. The highest BCUT2D eigenvalue weighted by molar-refractivity contribution is 5.75. The normalized spacial score (nSPS) is 12.6. The Balaban J connectivity index is 2.02. The molecule has 1 heterocycles. The monoisotopic (exact) mass is 352 g/mol. The smallest absolute Gasteiger partial charge is 0.354 e. The van der Waals surface area contributed by atoms with Gasteiger partial charge in [0.05, 0.1) is 0 Å². The number of carbonyl (C=O) groups excluding carboxylic acids is 1. The van der Waals surface area contributed by atoms with Gasteiger partial charge in [-0.05, 0) is 24.1 Å². The molecule has 0 aliphatic rings. The lowest BCUT2D eigenvalue weighted by molar-refractivity contribution is -0.139. The summed E-state index contributed by atoms with van der Waals surface area (Å²) >= 11 is 0. The first-order valence-corrected chi connectivity index (χ1v) is 7.91. The highest BCUT2D eigenvalue weighted by Crippen LogP contribution is 2.26. The molecule has 1 aromatic carbocycles. The van der Waals surface area contributed by atoms with E-state index in [-0.39, 0.29) is 5.92 Å². The maximum absolute atomic E-state index is 12.7. The Kier molecular flexibility index (Phi) is 6.01. The van der Waals surface area contributed by atoms with Crippen molar-refractivity contribution >= 4 is 5.91 Å². The van der Waals surface area contributed by atoms with Crippen LogP contribution in [-0.4, -0.2) is 17.0 Å². The first kappa shape index (κ1) is 18.8. The van der Waals surface area contributed by atoms with Gasteiger partial charge in [0, 0.05) is 18.7 Å². The van der Waals surface area contributed by atoms with Crippen LogP contribution < -0.4 is 10.9 Å². The van der Waals surface area contributed by atoms with Crippen molar-refractivity contribution in [2.45, 2.75) is 32.0 Å². The van der Waals surface area contributed by atoms with Crippen LogP contribution in [0.3, 0.4) is 0 Å². The molecule has 0 bridgehead atoms. The SMILES string of the molecule is CCC(CNC(=O)Cn1cccc(C(F)(F)F)c1=O)c1ccccc1. The minimum atomic E-state index is -4.74. The molecule has 0 radical (unpaired) electrons. The number of pyridine rings is 1. The van der Waals surface area contributed by atoms with Gasteiger partial charge in [0.15, 0.2) is 0 Å². The van der Waals surface area contributed by atoms with Crippen molar-refractivity contribution in [2.75, 3.05) is 6.54 Å². The summed E-state index contributed by atoms with van der Waals surface area (Å²) < 4.78 is 39.0. The number of hydrogen-bond acceptors (Lipinski definition) is 2. The standard InChI is InChI=1S/C18H19F3N2O2/c1-2-13(14-7-4-3-5-8-14)11-22-16(24)12-23-10-6-9-15(17(23)25)18(19,20)21/h3-10,13H,2,11-12H2,1H3,(H,22,24). The van der Waals surface area contributed by atoms with Crippen LogP contribution in [-0.2, 0) is 17.5 Å². The maximum Gasteiger partial charge on any atom is 0.421 e. The molecule has 0 fully saturated rings. The zero-order valence-electron chi connectivity index (χ0n) is 13.7. The fourth-order valence-corrected chi connectivity index (χ4v) is 2.55. The Labute approximate surface area is 143 Å². The number of alkyl halides is 3. The summed E-state index contributed by atoms with van der Waals surface area (Å²) in [6.45, 7) is 1.89. The second-order valence-electron chi connectivity index (χ2n) is 5.67. The third-order valence-electron chi connectivity index (χ3n) is 3.95. The summed E-state index contributed by atoms with van der Waals surface area (Å²) in [6, 6.07) is 11.4. The van der Waals surface area contributed by atoms with Crippen LogP contribution >= 0.6 is 0 Å². The highest BCUT2D eigenvalue weighted by Gasteiger charge is 2.34. The first-order chi connectivity index (χ1) is 11.8. The van der Waals surface area contributed by atoms with Gasteiger partial charge in [0.25, 0.3) is 5.56 Å². The van der Waals surface area contributed by atoms with Crippen LogP contribution in [0, 0.1) is 0 Å². The molecule has 2 rings (SSSR count). The van der Waals surface area contributed by atoms with Gasteiger partial charge >= 0.3 is 6.18 Å². The van der Waals surface area contributed by atoms with Crippen molar-refractivity contribution < 1.29 is 18.0 Å². The number of nitrogens with zero attached hydrogens (tertiary/aromatic N) is 1. The van der Waals surface area contributed by atoms with Gasteiger partial charge in [0.2, 0.25) is 5.91 Å². The Bertz CT molecular complexity index is 770. The first-order valence-electron chi connectivity index (χ1n) is 7.91. The molecular formula is C18H19F3N2O2. The number of nitrogens with one attached hydrogen (secondary N) is 1. The second-order valence-corrected chi connectivity index (χ2v) is 5.67. The van der Waals surface area contributed by atoms with E-state index in [1.165, 1.54) is 6.20 Å². The Hall–Kier alpha value is -2.57. The maximum atomic E-state index is 12.7. The molecule has 0 aliphatic heterocycles.